The topological polar surface area (TPSA) is 89.3 Å². The van der Waals surface area contributed by atoms with E-state index in [1.807, 2.05) is 5.10 Å². The number of oxime groups is 1. The Bertz CT molecular complexity index is 405. The van der Waals surface area contributed by atoms with Gasteiger partial charge in [0.25, 0.3) is 0 Å². The van der Waals surface area contributed by atoms with Crippen LogP contribution in [0.1, 0.15) is 0 Å². The Kier molecular flexibility index (Phi) is 2.96. The van der Waals surface area contributed by atoms with Gasteiger partial charge in [0.2, 0.25) is 0 Å². The van der Waals surface area contributed by atoms with E-state index in [0.717, 1.165) is 4.57 Å². The molecular formula is C6H8N4O3. The number of nitrogens with one attached hydrogen (secondary N) is 1. The molecule has 0 fully saturated rings. The Morgan fingerprint density at radius 1 is 1.77 bits per heavy atom. The van der Waals surface area contributed by atoms with Gasteiger partial charge in [0.15, 0.2) is 0 Å². The summed E-state index contributed by atoms with van der Waals surface area (Å²) in [6.45, 7) is 0.156. The fraction of sp³-hybridized carbons (Fsp3) is 0.333. The van der Waals surface area contributed by atoms with Crippen LogP contribution in [0.4, 0.5) is 0 Å². The highest BCUT2D eigenvalue weighted by Crippen LogP contribution is 1.71. The quantitative estimate of drug-likeness (QED) is 0.354. The predicted octanol–water partition coefficient (Wildman–Crippen LogP) is -1.44. The molecule has 0 bridgehead atoms. The SMILES string of the molecule is CON=CCn1cn[nH]c(=O)c1=O. The van der Waals surface area contributed by atoms with Crippen LogP contribution >= 0.6 is 0 Å². The molecule has 1 N–H and O–H groups in total. The van der Waals surface area contributed by atoms with Gasteiger partial charge in [-0.3, -0.25) is 14.2 Å². The summed E-state index contributed by atoms with van der Waals surface area (Å²) in [6.07, 6.45) is 2.56. The number of nitrogens with zero attached hydrogens (tertiary/aromatic N) is 3. The van der Waals surface area contributed by atoms with E-state index in [0.29, 0.717) is 0 Å². The van der Waals surface area contributed by atoms with Crippen LogP contribution in [0, 0.1) is 0 Å². The van der Waals surface area contributed by atoms with Gasteiger partial charge in [0.05, 0.1) is 12.8 Å². The molecule has 0 atom stereocenters. The van der Waals surface area contributed by atoms with Crippen LogP contribution in [0.2, 0.25) is 0 Å². The van der Waals surface area contributed by atoms with Crippen LogP contribution in [0.15, 0.2) is 21.1 Å². The van der Waals surface area contributed by atoms with Crippen molar-refractivity contribution in [3.8, 4) is 0 Å². The van der Waals surface area contributed by atoms with Gasteiger partial charge in [-0.15, -0.1) is 0 Å². The van der Waals surface area contributed by atoms with Crippen LogP contribution < -0.4 is 11.1 Å². The molecule has 1 aromatic heterocycles. The Balaban J connectivity index is 2.90. The molecule has 0 amide bonds. The lowest BCUT2D eigenvalue weighted by atomic mass is 10.6. The van der Waals surface area contributed by atoms with Gasteiger partial charge in [-0.05, 0) is 0 Å². The summed E-state index contributed by atoms with van der Waals surface area (Å²) in [4.78, 5) is 26.2. The lowest BCUT2D eigenvalue weighted by molar-refractivity contribution is 0.214. The van der Waals surface area contributed by atoms with Crippen molar-refractivity contribution in [1.82, 2.24) is 14.8 Å². The second-order valence-corrected chi connectivity index (χ2v) is 2.11. The molecule has 0 saturated carbocycles. The Hall–Kier alpha value is -1.92. The van der Waals surface area contributed by atoms with Crippen LogP contribution in [0.3, 0.4) is 0 Å². The average Bonchev–Trinajstić information content (AvgIpc) is 2.13. The average molecular weight is 184 g/mol. The molecule has 0 aromatic carbocycles. The molecule has 1 aromatic rings. The number of hydrogen-bond donors (Lipinski definition) is 1. The fourth-order valence-corrected chi connectivity index (χ4v) is 0.714. The maximum atomic E-state index is 11.0. The number of H-pyrrole nitrogens is 1. The van der Waals surface area contributed by atoms with Gasteiger partial charge in [-0.25, -0.2) is 5.10 Å². The van der Waals surface area contributed by atoms with Crippen molar-refractivity contribution in [2.75, 3.05) is 7.11 Å². The highest BCUT2D eigenvalue weighted by atomic mass is 16.6. The van der Waals surface area contributed by atoms with E-state index in [4.69, 9.17) is 0 Å². The third-order valence-electron chi connectivity index (χ3n) is 1.28. The monoisotopic (exact) mass is 184 g/mol. The van der Waals surface area contributed by atoms with Crippen molar-refractivity contribution in [3.05, 3.63) is 27.0 Å². The van der Waals surface area contributed by atoms with Gasteiger partial charge in [0, 0.05) is 0 Å². The lowest BCUT2D eigenvalue weighted by Crippen LogP contribution is -2.36. The molecule has 0 radical (unpaired) electrons. The van der Waals surface area contributed by atoms with Crippen LogP contribution in [0.5, 0.6) is 0 Å². The molecule has 13 heavy (non-hydrogen) atoms. The second kappa shape index (κ2) is 4.19. The minimum absolute atomic E-state index is 0.156. The van der Waals surface area contributed by atoms with Gasteiger partial charge < -0.3 is 4.84 Å². The van der Waals surface area contributed by atoms with Gasteiger partial charge in [-0.2, -0.15) is 5.10 Å². The zero-order chi connectivity index (χ0) is 9.68. The molecule has 0 unspecified atom stereocenters. The molecule has 7 nitrogen and oxygen atoms in total. The van der Waals surface area contributed by atoms with Crippen molar-refractivity contribution in [3.63, 3.8) is 0 Å². The van der Waals surface area contributed by atoms with Crippen molar-refractivity contribution >= 4 is 6.21 Å². The van der Waals surface area contributed by atoms with Crippen LogP contribution in [-0.2, 0) is 11.4 Å². The number of hydrogen-bond acceptors (Lipinski definition) is 5. The molecular weight excluding hydrogens is 176 g/mol. The first-order valence-electron chi connectivity index (χ1n) is 3.45. The summed E-state index contributed by atoms with van der Waals surface area (Å²) in [7, 11) is 1.38. The molecule has 1 rings (SSSR count). The number of aromatic amines is 1. The molecule has 70 valence electrons. The summed E-state index contributed by atoms with van der Waals surface area (Å²) in [5.41, 5.74) is -1.43. The second-order valence-electron chi connectivity index (χ2n) is 2.11. The van der Waals surface area contributed by atoms with E-state index in [9.17, 15) is 9.59 Å². The molecule has 0 aliphatic rings. The first kappa shape index (κ1) is 9.17. The zero-order valence-corrected chi connectivity index (χ0v) is 6.93. The van der Waals surface area contributed by atoms with Crippen molar-refractivity contribution in [2.45, 2.75) is 6.54 Å². The highest BCUT2D eigenvalue weighted by molar-refractivity contribution is 5.55. The summed E-state index contributed by atoms with van der Waals surface area (Å²) in [5, 5.41) is 8.88. The molecule has 7 heteroatoms. The van der Waals surface area contributed by atoms with E-state index in [2.05, 4.69) is 15.1 Å². The lowest BCUT2D eigenvalue weighted by Gasteiger charge is -1.96. The Labute approximate surface area is 72.6 Å². The van der Waals surface area contributed by atoms with E-state index in [1.54, 1.807) is 0 Å². The Morgan fingerprint density at radius 2 is 2.54 bits per heavy atom. The van der Waals surface area contributed by atoms with Gasteiger partial charge in [0.1, 0.15) is 13.4 Å². The van der Waals surface area contributed by atoms with Crippen LogP contribution in [0.25, 0.3) is 0 Å². The van der Waals surface area contributed by atoms with Crippen molar-refractivity contribution in [2.24, 2.45) is 5.16 Å². The summed E-state index contributed by atoms with van der Waals surface area (Å²) in [6, 6.07) is 0. The first-order valence-corrected chi connectivity index (χ1v) is 3.45. The van der Waals surface area contributed by atoms with Crippen LogP contribution in [-0.4, -0.2) is 28.1 Å². The molecule has 0 aliphatic heterocycles. The van der Waals surface area contributed by atoms with E-state index < -0.39 is 11.1 Å². The normalized spacial score (nSPS) is 10.5. The highest BCUT2D eigenvalue weighted by Gasteiger charge is 1.97. The largest absolute Gasteiger partial charge is 0.399 e. The van der Waals surface area contributed by atoms with Gasteiger partial charge >= 0.3 is 11.1 Å². The summed E-state index contributed by atoms with van der Waals surface area (Å²) >= 11 is 0. The first-order chi connectivity index (χ1) is 6.25. The van der Waals surface area contributed by atoms with E-state index >= 15 is 0 Å². The van der Waals surface area contributed by atoms with Gasteiger partial charge in [-0.1, -0.05) is 5.16 Å². The molecule has 0 saturated heterocycles. The van der Waals surface area contributed by atoms with Crippen molar-refractivity contribution in [1.29, 1.82) is 0 Å². The zero-order valence-electron chi connectivity index (χ0n) is 6.93. The standard InChI is InChI=1S/C6H8N4O3/c1-13-8-2-3-10-4-7-9-5(11)6(10)12/h2,4H,3H2,1H3,(H,9,11). The maximum absolute atomic E-state index is 11.0. The third-order valence-corrected chi connectivity index (χ3v) is 1.28. The molecule has 0 aliphatic carbocycles. The summed E-state index contributed by atoms with van der Waals surface area (Å²) in [5.74, 6) is 0. The molecule has 0 spiro atoms. The number of rotatable bonds is 3. The minimum atomic E-state index is -0.756. The third kappa shape index (κ3) is 2.26. The fourth-order valence-electron chi connectivity index (χ4n) is 0.714. The molecule has 1 heterocycles. The van der Waals surface area contributed by atoms with E-state index in [1.165, 1.54) is 19.7 Å². The Morgan fingerprint density at radius 3 is 3.23 bits per heavy atom. The summed E-state index contributed by atoms with van der Waals surface area (Å²) < 4.78 is 1.11. The van der Waals surface area contributed by atoms with Crippen molar-refractivity contribution < 1.29 is 4.84 Å². The smallest absolute Gasteiger partial charge is 0.330 e. The number of aromatic nitrogens is 3. The van der Waals surface area contributed by atoms with E-state index in [-0.39, 0.29) is 6.54 Å². The predicted molar refractivity (Wildman–Crippen MR) is 44.6 cm³/mol. The minimum Gasteiger partial charge on any atom is -0.399 e. The maximum Gasteiger partial charge on any atom is 0.330 e.